The standard InChI is InChI=1S/C14H16FNO2/c1-10(11-4-6-12(15)7-5-11)16-9-13(17)14-3-2-8-18-14/h2-8,10,13,16-17H,9H2,1H3/t10-,13?/m0/s1. The highest BCUT2D eigenvalue weighted by Crippen LogP contribution is 2.16. The first-order valence-electron chi connectivity index (χ1n) is 5.87. The summed E-state index contributed by atoms with van der Waals surface area (Å²) in [5.41, 5.74) is 0.975. The highest BCUT2D eigenvalue weighted by Gasteiger charge is 2.12. The van der Waals surface area contributed by atoms with Crippen molar-refractivity contribution in [2.75, 3.05) is 6.54 Å². The van der Waals surface area contributed by atoms with Crippen LogP contribution in [0, 0.1) is 5.82 Å². The van der Waals surface area contributed by atoms with E-state index in [4.69, 9.17) is 4.42 Å². The van der Waals surface area contributed by atoms with Crippen molar-refractivity contribution in [2.24, 2.45) is 0 Å². The lowest BCUT2D eigenvalue weighted by Gasteiger charge is -2.16. The molecule has 0 spiro atoms. The van der Waals surface area contributed by atoms with Crippen LogP contribution in [0.15, 0.2) is 47.1 Å². The molecule has 0 saturated heterocycles. The maximum atomic E-state index is 12.8. The summed E-state index contributed by atoms with van der Waals surface area (Å²) in [6, 6.07) is 9.82. The van der Waals surface area contributed by atoms with Gasteiger partial charge in [0.25, 0.3) is 0 Å². The van der Waals surface area contributed by atoms with Crippen molar-refractivity contribution in [3.8, 4) is 0 Å². The minimum Gasteiger partial charge on any atom is -0.467 e. The fourth-order valence-electron chi connectivity index (χ4n) is 1.74. The summed E-state index contributed by atoms with van der Waals surface area (Å²) in [4.78, 5) is 0. The van der Waals surface area contributed by atoms with Crippen LogP contribution in [-0.4, -0.2) is 11.7 Å². The minimum atomic E-state index is -0.678. The van der Waals surface area contributed by atoms with Crippen LogP contribution < -0.4 is 5.32 Å². The van der Waals surface area contributed by atoms with E-state index in [2.05, 4.69) is 5.32 Å². The molecule has 18 heavy (non-hydrogen) atoms. The van der Waals surface area contributed by atoms with E-state index in [0.29, 0.717) is 12.3 Å². The Balaban J connectivity index is 1.88. The molecule has 0 amide bonds. The number of hydrogen-bond acceptors (Lipinski definition) is 3. The highest BCUT2D eigenvalue weighted by molar-refractivity contribution is 5.19. The molecular weight excluding hydrogens is 233 g/mol. The van der Waals surface area contributed by atoms with E-state index in [1.165, 1.54) is 18.4 Å². The molecule has 0 bridgehead atoms. The van der Waals surface area contributed by atoms with Gasteiger partial charge in [-0.05, 0) is 36.8 Å². The number of rotatable bonds is 5. The summed E-state index contributed by atoms with van der Waals surface area (Å²) in [5, 5.41) is 13.0. The Hall–Kier alpha value is -1.65. The molecule has 2 atom stereocenters. The molecule has 1 heterocycles. The van der Waals surface area contributed by atoms with Crippen LogP contribution in [0.25, 0.3) is 0 Å². The summed E-state index contributed by atoms with van der Waals surface area (Å²) in [6.07, 6.45) is 0.852. The second-order valence-corrected chi connectivity index (χ2v) is 4.21. The molecular formula is C14H16FNO2. The summed E-state index contributed by atoms with van der Waals surface area (Å²) in [6.45, 7) is 2.34. The third-order valence-corrected chi connectivity index (χ3v) is 2.86. The Kier molecular flexibility index (Phi) is 4.12. The third-order valence-electron chi connectivity index (χ3n) is 2.86. The van der Waals surface area contributed by atoms with Gasteiger partial charge in [0.15, 0.2) is 0 Å². The number of halogens is 1. The van der Waals surface area contributed by atoms with Crippen molar-refractivity contribution in [2.45, 2.75) is 19.1 Å². The van der Waals surface area contributed by atoms with Crippen LogP contribution in [0.4, 0.5) is 4.39 Å². The zero-order valence-electron chi connectivity index (χ0n) is 10.1. The van der Waals surface area contributed by atoms with Gasteiger partial charge in [-0.25, -0.2) is 4.39 Å². The van der Waals surface area contributed by atoms with Gasteiger partial charge in [-0.1, -0.05) is 12.1 Å². The molecule has 2 aromatic rings. The average Bonchev–Trinajstić information content (AvgIpc) is 2.90. The molecule has 0 radical (unpaired) electrons. The quantitative estimate of drug-likeness (QED) is 0.856. The first-order chi connectivity index (χ1) is 8.66. The Labute approximate surface area is 105 Å². The Morgan fingerprint density at radius 3 is 2.61 bits per heavy atom. The average molecular weight is 249 g/mol. The van der Waals surface area contributed by atoms with E-state index in [1.54, 1.807) is 24.3 Å². The summed E-state index contributed by atoms with van der Waals surface area (Å²) < 4.78 is 17.9. The maximum Gasteiger partial charge on any atom is 0.133 e. The van der Waals surface area contributed by atoms with Crippen molar-refractivity contribution in [3.63, 3.8) is 0 Å². The first kappa shape index (κ1) is 12.8. The van der Waals surface area contributed by atoms with Gasteiger partial charge in [-0.3, -0.25) is 0 Å². The SMILES string of the molecule is C[C@H](NCC(O)c1ccco1)c1ccc(F)cc1. The van der Waals surface area contributed by atoms with E-state index in [0.717, 1.165) is 5.56 Å². The van der Waals surface area contributed by atoms with E-state index in [-0.39, 0.29) is 11.9 Å². The van der Waals surface area contributed by atoms with E-state index < -0.39 is 6.10 Å². The molecule has 1 aromatic heterocycles. The molecule has 0 aliphatic heterocycles. The second-order valence-electron chi connectivity index (χ2n) is 4.21. The summed E-state index contributed by atoms with van der Waals surface area (Å²) >= 11 is 0. The molecule has 0 aliphatic rings. The molecule has 4 heteroatoms. The predicted molar refractivity (Wildman–Crippen MR) is 66.5 cm³/mol. The van der Waals surface area contributed by atoms with Gasteiger partial charge in [-0.15, -0.1) is 0 Å². The molecule has 1 unspecified atom stereocenters. The zero-order chi connectivity index (χ0) is 13.0. The molecule has 0 fully saturated rings. The van der Waals surface area contributed by atoms with E-state index in [1.807, 2.05) is 6.92 Å². The topological polar surface area (TPSA) is 45.4 Å². The number of nitrogens with one attached hydrogen (secondary N) is 1. The monoisotopic (exact) mass is 249 g/mol. The maximum absolute atomic E-state index is 12.8. The van der Waals surface area contributed by atoms with Crippen LogP contribution in [0.3, 0.4) is 0 Å². The van der Waals surface area contributed by atoms with Crippen molar-refractivity contribution in [1.29, 1.82) is 0 Å². The smallest absolute Gasteiger partial charge is 0.133 e. The Morgan fingerprint density at radius 2 is 2.00 bits per heavy atom. The zero-order valence-corrected chi connectivity index (χ0v) is 10.1. The molecule has 2 N–H and O–H groups in total. The fourth-order valence-corrected chi connectivity index (χ4v) is 1.74. The highest BCUT2D eigenvalue weighted by atomic mass is 19.1. The van der Waals surface area contributed by atoms with Crippen LogP contribution in [0.2, 0.25) is 0 Å². The molecule has 96 valence electrons. The van der Waals surface area contributed by atoms with Crippen molar-refractivity contribution in [3.05, 3.63) is 59.8 Å². The van der Waals surface area contributed by atoms with Crippen LogP contribution in [0.5, 0.6) is 0 Å². The van der Waals surface area contributed by atoms with Crippen LogP contribution >= 0.6 is 0 Å². The summed E-state index contributed by atoms with van der Waals surface area (Å²) in [5.74, 6) is 0.287. The molecule has 3 nitrogen and oxygen atoms in total. The van der Waals surface area contributed by atoms with E-state index in [9.17, 15) is 9.50 Å². The Bertz CT molecular complexity index is 467. The second kappa shape index (κ2) is 5.80. The number of benzene rings is 1. The number of aliphatic hydroxyl groups is 1. The van der Waals surface area contributed by atoms with Gasteiger partial charge in [-0.2, -0.15) is 0 Å². The first-order valence-corrected chi connectivity index (χ1v) is 5.87. The minimum absolute atomic E-state index is 0.0372. The third kappa shape index (κ3) is 3.18. The lowest BCUT2D eigenvalue weighted by molar-refractivity contribution is 0.144. The number of furan rings is 1. The van der Waals surface area contributed by atoms with E-state index >= 15 is 0 Å². The lowest BCUT2D eigenvalue weighted by atomic mass is 10.1. The Morgan fingerprint density at radius 1 is 1.28 bits per heavy atom. The van der Waals surface area contributed by atoms with Gasteiger partial charge in [0.2, 0.25) is 0 Å². The number of hydrogen-bond donors (Lipinski definition) is 2. The van der Waals surface area contributed by atoms with Crippen LogP contribution in [0.1, 0.15) is 30.4 Å². The molecule has 1 aromatic carbocycles. The normalized spacial score (nSPS) is 14.4. The molecule has 0 saturated carbocycles. The summed E-state index contributed by atoms with van der Waals surface area (Å²) in [7, 11) is 0. The largest absolute Gasteiger partial charge is 0.467 e. The number of aliphatic hydroxyl groups excluding tert-OH is 1. The van der Waals surface area contributed by atoms with Gasteiger partial charge in [0.05, 0.1) is 6.26 Å². The molecule has 2 rings (SSSR count). The van der Waals surface area contributed by atoms with Crippen molar-refractivity contribution in [1.82, 2.24) is 5.32 Å². The lowest BCUT2D eigenvalue weighted by Crippen LogP contribution is -2.24. The van der Waals surface area contributed by atoms with Crippen LogP contribution in [-0.2, 0) is 0 Å². The fraction of sp³-hybridized carbons (Fsp3) is 0.286. The molecule has 0 aliphatic carbocycles. The predicted octanol–water partition coefficient (Wildman–Crippen LogP) is 2.80. The van der Waals surface area contributed by atoms with Crippen molar-refractivity contribution < 1.29 is 13.9 Å². The van der Waals surface area contributed by atoms with Gasteiger partial charge in [0, 0.05) is 12.6 Å². The van der Waals surface area contributed by atoms with Gasteiger partial charge in [0.1, 0.15) is 17.7 Å². The van der Waals surface area contributed by atoms with Gasteiger partial charge >= 0.3 is 0 Å². The van der Waals surface area contributed by atoms with Gasteiger partial charge < -0.3 is 14.8 Å². The van der Waals surface area contributed by atoms with Crippen molar-refractivity contribution >= 4 is 0 Å².